The summed E-state index contributed by atoms with van der Waals surface area (Å²) in [5.41, 5.74) is 1.69. The van der Waals surface area contributed by atoms with Gasteiger partial charge in [0.05, 0.1) is 11.3 Å². The highest BCUT2D eigenvalue weighted by atomic mass is 35.5. The van der Waals surface area contributed by atoms with Crippen molar-refractivity contribution in [2.45, 2.75) is 0 Å². The molecule has 0 atom stereocenters. The Morgan fingerprint density at radius 3 is 3.09 bits per heavy atom. The Kier molecular flexibility index (Phi) is 1.32. The van der Waals surface area contributed by atoms with Crippen molar-refractivity contribution in [2.75, 3.05) is 0 Å². The topological polar surface area (TPSA) is 30.7 Å². The normalized spacial score (nSPS) is 10.7. The van der Waals surface area contributed by atoms with Crippen LogP contribution in [0.2, 0.25) is 5.02 Å². The van der Waals surface area contributed by atoms with Crippen LogP contribution in [0.4, 0.5) is 0 Å². The molecule has 0 fully saturated rings. The van der Waals surface area contributed by atoms with Crippen LogP contribution in [0.3, 0.4) is 0 Å². The molecule has 3 nitrogen and oxygen atoms in total. The lowest BCUT2D eigenvalue weighted by Gasteiger charge is -1.91. The second kappa shape index (κ2) is 2.20. The molecule has 0 unspecified atom stereocenters. The number of imidazole rings is 1. The predicted molar refractivity (Wildman–Crippen MR) is 43.5 cm³/mol. The van der Waals surface area contributed by atoms with Gasteiger partial charge in [-0.05, 0) is 6.07 Å². The van der Waals surface area contributed by atoms with Crippen LogP contribution in [0.25, 0.3) is 11.2 Å². The largest absolute Gasteiger partial charge is 0.318 e. The van der Waals surface area contributed by atoms with E-state index in [-0.39, 0.29) is 0 Å². The van der Waals surface area contributed by atoms with Gasteiger partial charge in [-0.25, -0.2) is 9.97 Å². The number of aryl methyl sites for hydroxylation is 1. The van der Waals surface area contributed by atoms with Crippen LogP contribution in [0, 0.1) is 0 Å². The molecule has 56 valence electrons. The van der Waals surface area contributed by atoms with Crippen molar-refractivity contribution in [2.24, 2.45) is 7.05 Å². The number of pyridine rings is 1. The molecule has 0 N–H and O–H groups in total. The summed E-state index contributed by atoms with van der Waals surface area (Å²) in [7, 11) is 1.90. The molecule has 0 saturated heterocycles. The van der Waals surface area contributed by atoms with Crippen molar-refractivity contribution in [3.8, 4) is 0 Å². The smallest absolute Gasteiger partial charge is 0.159 e. The summed E-state index contributed by atoms with van der Waals surface area (Å²) >= 11 is 5.72. The zero-order valence-corrected chi connectivity index (χ0v) is 6.71. The fourth-order valence-corrected chi connectivity index (χ4v) is 1.14. The molecule has 0 aliphatic heterocycles. The zero-order chi connectivity index (χ0) is 7.84. The zero-order valence-electron chi connectivity index (χ0n) is 5.95. The average Bonchev–Trinajstić information content (AvgIpc) is 2.32. The van der Waals surface area contributed by atoms with Gasteiger partial charge in [0.25, 0.3) is 0 Å². The number of nitrogens with zero attached hydrogens (tertiary/aromatic N) is 3. The molecule has 2 aromatic rings. The number of halogens is 1. The second-order valence-corrected chi connectivity index (χ2v) is 2.79. The first-order valence-corrected chi connectivity index (χ1v) is 3.58. The molecule has 0 radical (unpaired) electrons. The second-order valence-electron chi connectivity index (χ2n) is 2.35. The lowest BCUT2D eigenvalue weighted by Crippen LogP contribution is -1.86. The van der Waals surface area contributed by atoms with E-state index in [1.165, 1.54) is 0 Å². The summed E-state index contributed by atoms with van der Waals surface area (Å²) in [6.45, 7) is 0. The van der Waals surface area contributed by atoms with Crippen molar-refractivity contribution in [1.82, 2.24) is 14.5 Å². The van der Waals surface area contributed by atoms with Crippen LogP contribution >= 0.6 is 11.6 Å². The third-order valence-electron chi connectivity index (χ3n) is 1.52. The Hall–Kier alpha value is -1.09. The molecule has 0 aliphatic rings. The van der Waals surface area contributed by atoms with E-state index in [2.05, 4.69) is 9.97 Å². The monoisotopic (exact) mass is 167 g/mol. The van der Waals surface area contributed by atoms with Crippen molar-refractivity contribution in [1.29, 1.82) is 0 Å². The highest BCUT2D eigenvalue weighted by molar-refractivity contribution is 6.30. The Morgan fingerprint density at radius 1 is 1.45 bits per heavy atom. The van der Waals surface area contributed by atoms with Gasteiger partial charge in [0, 0.05) is 13.2 Å². The number of aromatic nitrogens is 3. The summed E-state index contributed by atoms with van der Waals surface area (Å²) < 4.78 is 1.85. The maximum Gasteiger partial charge on any atom is 0.159 e. The molecule has 0 amide bonds. The third kappa shape index (κ3) is 0.973. The Morgan fingerprint density at radius 2 is 2.27 bits per heavy atom. The first kappa shape index (κ1) is 6.61. The number of rotatable bonds is 0. The molecule has 4 heteroatoms. The molecule has 0 bridgehead atoms. The highest BCUT2D eigenvalue weighted by Gasteiger charge is 1.99. The summed E-state index contributed by atoms with van der Waals surface area (Å²) in [5.74, 6) is 0. The molecule has 0 aliphatic carbocycles. The summed E-state index contributed by atoms with van der Waals surface area (Å²) in [5, 5.41) is 0.621. The molecule has 0 spiro atoms. The van der Waals surface area contributed by atoms with Gasteiger partial charge >= 0.3 is 0 Å². The fraction of sp³-hybridized carbons (Fsp3) is 0.143. The third-order valence-corrected chi connectivity index (χ3v) is 1.72. The van der Waals surface area contributed by atoms with Crippen LogP contribution in [-0.2, 0) is 7.05 Å². The average molecular weight is 168 g/mol. The molecule has 2 heterocycles. The van der Waals surface area contributed by atoms with Crippen LogP contribution in [0.15, 0.2) is 18.6 Å². The molecule has 0 aromatic carbocycles. The minimum Gasteiger partial charge on any atom is -0.318 e. The first-order chi connectivity index (χ1) is 5.27. The lowest BCUT2D eigenvalue weighted by atomic mass is 10.4. The van der Waals surface area contributed by atoms with Crippen LogP contribution in [0.1, 0.15) is 0 Å². The maximum absolute atomic E-state index is 5.72. The van der Waals surface area contributed by atoms with Gasteiger partial charge in [0.2, 0.25) is 0 Å². The van der Waals surface area contributed by atoms with E-state index in [9.17, 15) is 0 Å². The van der Waals surface area contributed by atoms with Crippen molar-refractivity contribution >= 4 is 22.8 Å². The molecular formula is C7H6ClN3. The minimum atomic E-state index is 0.621. The maximum atomic E-state index is 5.72. The van der Waals surface area contributed by atoms with Gasteiger partial charge in [-0.3, -0.25) is 0 Å². The Bertz CT molecular complexity index is 393. The van der Waals surface area contributed by atoms with E-state index in [0.717, 1.165) is 11.2 Å². The Balaban J connectivity index is 2.86. The van der Waals surface area contributed by atoms with Crippen molar-refractivity contribution in [3.05, 3.63) is 23.6 Å². The van der Waals surface area contributed by atoms with Crippen LogP contribution in [0.5, 0.6) is 0 Å². The molecule has 11 heavy (non-hydrogen) atoms. The number of hydrogen-bond donors (Lipinski definition) is 0. The van der Waals surface area contributed by atoms with E-state index in [0.29, 0.717) is 5.02 Å². The van der Waals surface area contributed by atoms with Crippen LogP contribution < -0.4 is 0 Å². The first-order valence-electron chi connectivity index (χ1n) is 3.20. The van der Waals surface area contributed by atoms with E-state index in [1.807, 2.05) is 11.6 Å². The highest BCUT2D eigenvalue weighted by Crippen LogP contribution is 2.13. The predicted octanol–water partition coefficient (Wildman–Crippen LogP) is 1.62. The van der Waals surface area contributed by atoms with E-state index in [1.54, 1.807) is 18.6 Å². The standard InChI is InChI=1S/C7H6ClN3/c1-11-4-10-6-2-5(8)3-9-7(6)11/h2-4H,1H3. The van der Waals surface area contributed by atoms with Crippen molar-refractivity contribution in [3.63, 3.8) is 0 Å². The van der Waals surface area contributed by atoms with Gasteiger partial charge in [0.15, 0.2) is 5.65 Å². The fourth-order valence-electron chi connectivity index (χ4n) is 0.992. The summed E-state index contributed by atoms with van der Waals surface area (Å²) in [6.07, 6.45) is 3.33. The van der Waals surface area contributed by atoms with Crippen molar-refractivity contribution < 1.29 is 0 Å². The SMILES string of the molecule is Cn1cnc2cc(Cl)cnc21. The minimum absolute atomic E-state index is 0.621. The van der Waals surface area contributed by atoms with Gasteiger partial charge in [-0.2, -0.15) is 0 Å². The van der Waals surface area contributed by atoms with Gasteiger partial charge in [-0.15, -0.1) is 0 Å². The summed E-state index contributed by atoms with van der Waals surface area (Å²) in [4.78, 5) is 8.20. The van der Waals surface area contributed by atoms with E-state index < -0.39 is 0 Å². The van der Waals surface area contributed by atoms with E-state index >= 15 is 0 Å². The van der Waals surface area contributed by atoms with Gasteiger partial charge < -0.3 is 4.57 Å². The number of fused-ring (bicyclic) bond motifs is 1. The Labute approximate surface area is 68.6 Å². The lowest BCUT2D eigenvalue weighted by molar-refractivity contribution is 0.931. The van der Waals surface area contributed by atoms with Gasteiger partial charge in [0.1, 0.15) is 5.52 Å². The summed E-state index contributed by atoms with van der Waals surface area (Å²) in [6, 6.07) is 1.80. The molecular weight excluding hydrogens is 162 g/mol. The van der Waals surface area contributed by atoms with Crippen LogP contribution in [-0.4, -0.2) is 14.5 Å². The van der Waals surface area contributed by atoms with Gasteiger partial charge in [-0.1, -0.05) is 11.6 Å². The quantitative estimate of drug-likeness (QED) is 0.597. The number of hydrogen-bond acceptors (Lipinski definition) is 2. The molecule has 2 rings (SSSR count). The molecule has 2 aromatic heterocycles. The molecule has 0 saturated carbocycles. The van der Waals surface area contributed by atoms with E-state index in [4.69, 9.17) is 11.6 Å².